The lowest BCUT2D eigenvalue weighted by Gasteiger charge is -2.06. The fraction of sp³-hybridized carbons (Fsp3) is 0.200. The van der Waals surface area contributed by atoms with Gasteiger partial charge in [-0.3, -0.25) is 14.7 Å². The third kappa shape index (κ3) is 3.73. The highest BCUT2D eigenvalue weighted by Crippen LogP contribution is 2.20. The van der Waals surface area contributed by atoms with Gasteiger partial charge in [-0.2, -0.15) is 0 Å². The van der Waals surface area contributed by atoms with Gasteiger partial charge in [0.25, 0.3) is 5.91 Å². The third-order valence-corrected chi connectivity index (χ3v) is 5.19. The molecule has 1 N–H and O–H groups in total. The molecule has 1 amide bonds. The first kappa shape index (κ1) is 17.4. The van der Waals surface area contributed by atoms with Crippen LogP contribution in [0, 0.1) is 0 Å². The number of rotatable bonds is 6. The summed E-state index contributed by atoms with van der Waals surface area (Å²) in [6.45, 7) is 2.14. The molecule has 0 fully saturated rings. The predicted molar refractivity (Wildman–Crippen MR) is 108 cm³/mol. The van der Waals surface area contributed by atoms with Gasteiger partial charge >= 0.3 is 0 Å². The van der Waals surface area contributed by atoms with Crippen molar-refractivity contribution in [3.8, 4) is 5.69 Å². The van der Waals surface area contributed by atoms with E-state index in [0.717, 1.165) is 41.0 Å². The largest absolute Gasteiger partial charge is 0.299 e. The van der Waals surface area contributed by atoms with Crippen molar-refractivity contribution in [3.05, 3.63) is 65.4 Å². The normalized spacial score (nSPS) is 11.0. The fourth-order valence-corrected chi connectivity index (χ4v) is 3.62. The number of fused-ring (bicyclic) bond motifs is 1. The molecule has 6 nitrogen and oxygen atoms in total. The first-order chi connectivity index (χ1) is 13.2. The van der Waals surface area contributed by atoms with Gasteiger partial charge < -0.3 is 0 Å². The highest BCUT2D eigenvalue weighted by molar-refractivity contribution is 7.15. The minimum Gasteiger partial charge on any atom is -0.299 e. The minimum atomic E-state index is -0.185. The standard InChI is InChI=1S/C20H19N5OS/c1-2-3-8-18-23-24-20(27-18)22-19(26)14-9-11-15(12-10-14)25-13-21-16-6-4-5-7-17(16)25/h4-7,9-13H,2-3,8H2,1H3,(H,22,24,26). The number of nitrogens with zero attached hydrogens (tertiary/aromatic N) is 4. The van der Waals surface area contributed by atoms with E-state index in [0.29, 0.717) is 10.7 Å². The number of nitrogens with one attached hydrogen (secondary N) is 1. The molecule has 0 saturated heterocycles. The highest BCUT2D eigenvalue weighted by atomic mass is 32.1. The Morgan fingerprint density at radius 2 is 1.93 bits per heavy atom. The van der Waals surface area contributed by atoms with Crippen molar-refractivity contribution in [2.24, 2.45) is 0 Å². The molecule has 0 aliphatic rings. The smallest absolute Gasteiger partial charge is 0.257 e. The topological polar surface area (TPSA) is 72.7 Å². The summed E-state index contributed by atoms with van der Waals surface area (Å²) in [6.07, 6.45) is 4.88. The van der Waals surface area contributed by atoms with Crippen molar-refractivity contribution in [1.29, 1.82) is 0 Å². The molecule has 27 heavy (non-hydrogen) atoms. The van der Waals surface area contributed by atoms with Crippen LogP contribution in [0.2, 0.25) is 0 Å². The van der Waals surface area contributed by atoms with Crippen molar-refractivity contribution >= 4 is 33.4 Å². The van der Waals surface area contributed by atoms with Crippen molar-refractivity contribution in [2.45, 2.75) is 26.2 Å². The number of aryl methyl sites for hydroxylation is 1. The van der Waals surface area contributed by atoms with E-state index in [-0.39, 0.29) is 5.91 Å². The molecule has 0 unspecified atom stereocenters. The Labute approximate surface area is 160 Å². The zero-order valence-electron chi connectivity index (χ0n) is 14.9. The number of unbranched alkanes of at least 4 members (excludes halogenated alkanes) is 1. The van der Waals surface area contributed by atoms with Crippen LogP contribution in [0.25, 0.3) is 16.7 Å². The molecular weight excluding hydrogens is 358 g/mol. The third-order valence-electron chi connectivity index (χ3n) is 4.29. The summed E-state index contributed by atoms with van der Waals surface area (Å²) in [7, 11) is 0. The Morgan fingerprint density at radius 1 is 1.11 bits per heavy atom. The van der Waals surface area contributed by atoms with Crippen LogP contribution in [0.5, 0.6) is 0 Å². The van der Waals surface area contributed by atoms with E-state index in [1.54, 1.807) is 18.5 Å². The van der Waals surface area contributed by atoms with Crippen molar-refractivity contribution in [3.63, 3.8) is 0 Å². The summed E-state index contributed by atoms with van der Waals surface area (Å²) in [5.74, 6) is -0.185. The van der Waals surface area contributed by atoms with Gasteiger partial charge in [0.05, 0.1) is 11.0 Å². The average molecular weight is 377 g/mol. The van der Waals surface area contributed by atoms with Crippen molar-refractivity contribution < 1.29 is 4.79 Å². The lowest BCUT2D eigenvalue weighted by molar-refractivity contribution is 0.102. The number of carbonyl (C=O) groups excluding carboxylic acids is 1. The number of anilines is 1. The minimum absolute atomic E-state index is 0.185. The molecule has 4 aromatic rings. The Morgan fingerprint density at radius 3 is 2.74 bits per heavy atom. The number of hydrogen-bond acceptors (Lipinski definition) is 5. The zero-order valence-corrected chi connectivity index (χ0v) is 15.7. The van der Waals surface area contributed by atoms with E-state index in [1.807, 2.05) is 41.0 Å². The van der Waals surface area contributed by atoms with Crippen LogP contribution in [0.3, 0.4) is 0 Å². The SMILES string of the molecule is CCCCc1nnc(NC(=O)c2ccc(-n3cnc4ccccc43)cc2)s1. The molecule has 136 valence electrons. The zero-order chi connectivity index (χ0) is 18.6. The maximum atomic E-state index is 12.5. The molecule has 2 aromatic carbocycles. The molecule has 0 saturated carbocycles. The molecule has 0 atom stereocenters. The molecular formula is C20H19N5OS. The van der Waals surface area contributed by atoms with Gasteiger partial charge in [0.2, 0.25) is 5.13 Å². The molecule has 0 aliphatic carbocycles. The van der Waals surface area contributed by atoms with Crippen LogP contribution < -0.4 is 5.32 Å². The van der Waals surface area contributed by atoms with Gasteiger partial charge in [-0.05, 0) is 42.8 Å². The van der Waals surface area contributed by atoms with Crippen LogP contribution in [0.4, 0.5) is 5.13 Å². The quantitative estimate of drug-likeness (QED) is 0.538. The number of imidazole rings is 1. The molecule has 2 aromatic heterocycles. The second-order valence-electron chi connectivity index (χ2n) is 6.21. The highest BCUT2D eigenvalue weighted by Gasteiger charge is 2.11. The van der Waals surface area contributed by atoms with Gasteiger partial charge in [0, 0.05) is 17.7 Å². The Kier molecular flexibility index (Phi) is 4.93. The lowest BCUT2D eigenvalue weighted by Crippen LogP contribution is -2.11. The van der Waals surface area contributed by atoms with Crippen LogP contribution in [-0.2, 0) is 6.42 Å². The van der Waals surface area contributed by atoms with E-state index in [1.165, 1.54) is 11.3 Å². The summed E-state index contributed by atoms with van der Waals surface area (Å²) in [5.41, 5.74) is 3.50. The summed E-state index contributed by atoms with van der Waals surface area (Å²) in [4.78, 5) is 16.9. The second-order valence-corrected chi connectivity index (χ2v) is 7.27. The van der Waals surface area contributed by atoms with Gasteiger partial charge in [-0.15, -0.1) is 10.2 Å². The number of para-hydroxylation sites is 2. The number of benzene rings is 2. The van der Waals surface area contributed by atoms with Crippen molar-refractivity contribution in [2.75, 3.05) is 5.32 Å². The lowest BCUT2D eigenvalue weighted by atomic mass is 10.2. The summed E-state index contributed by atoms with van der Waals surface area (Å²) < 4.78 is 2.00. The Bertz CT molecular complexity index is 1070. The van der Waals surface area contributed by atoms with Crippen molar-refractivity contribution in [1.82, 2.24) is 19.7 Å². The fourth-order valence-electron chi connectivity index (χ4n) is 2.84. The molecule has 4 rings (SSSR count). The molecule has 0 radical (unpaired) electrons. The first-order valence-corrected chi connectivity index (χ1v) is 9.72. The van der Waals surface area contributed by atoms with Gasteiger partial charge in [-0.25, -0.2) is 4.98 Å². The number of carbonyl (C=O) groups is 1. The molecule has 0 spiro atoms. The van der Waals surface area contributed by atoms with Gasteiger partial charge in [-0.1, -0.05) is 36.8 Å². The van der Waals surface area contributed by atoms with E-state index < -0.39 is 0 Å². The van der Waals surface area contributed by atoms with Gasteiger partial charge in [0.15, 0.2) is 0 Å². The maximum Gasteiger partial charge on any atom is 0.257 e. The van der Waals surface area contributed by atoms with Crippen LogP contribution in [0.15, 0.2) is 54.9 Å². The van der Waals surface area contributed by atoms with Gasteiger partial charge in [0.1, 0.15) is 11.3 Å². The second kappa shape index (κ2) is 7.67. The summed E-state index contributed by atoms with van der Waals surface area (Å²) in [5, 5.41) is 12.5. The summed E-state index contributed by atoms with van der Waals surface area (Å²) >= 11 is 1.43. The van der Waals surface area contributed by atoms with E-state index in [9.17, 15) is 4.79 Å². The maximum absolute atomic E-state index is 12.5. The van der Waals surface area contributed by atoms with E-state index in [4.69, 9.17) is 0 Å². The number of aromatic nitrogens is 4. The summed E-state index contributed by atoms with van der Waals surface area (Å²) in [6, 6.07) is 15.4. The van der Waals surface area contributed by atoms with Crippen LogP contribution in [0.1, 0.15) is 35.1 Å². The van der Waals surface area contributed by atoms with E-state index in [2.05, 4.69) is 27.4 Å². The predicted octanol–water partition coefficient (Wildman–Crippen LogP) is 4.47. The monoisotopic (exact) mass is 377 g/mol. The first-order valence-electron chi connectivity index (χ1n) is 8.91. The van der Waals surface area contributed by atoms with Crippen LogP contribution >= 0.6 is 11.3 Å². The van der Waals surface area contributed by atoms with Crippen LogP contribution in [-0.4, -0.2) is 25.7 Å². The molecule has 0 aliphatic heterocycles. The Hall–Kier alpha value is -3.06. The van der Waals surface area contributed by atoms with E-state index >= 15 is 0 Å². The molecule has 0 bridgehead atoms. The number of hydrogen-bond donors (Lipinski definition) is 1. The molecule has 2 heterocycles. The Balaban J connectivity index is 1.48. The molecule has 7 heteroatoms. The average Bonchev–Trinajstić information content (AvgIpc) is 3.33. The number of amides is 1.